The summed E-state index contributed by atoms with van der Waals surface area (Å²) >= 11 is 3.38. The number of rotatable bonds is 5. The van der Waals surface area contributed by atoms with E-state index in [4.69, 9.17) is 0 Å². The quantitative estimate of drug-likeness (QED) is 0.748. The number of nitrogens with one attached hydrogen (secondary N) is 1. The van der Waals surface area contributed by atoms with Gasteiger partial charge in [-0.1, -0.05) is 22.9 Å². The van der Waals surface area contributed by atoms with Crippen LogP contribution in [0.3, 0.4) is 0 Å². The zero-order valence-electron chi connectivity index (χ0n) is 11.1. The maximum atomic E-state index is 11.9. The second kappa shape index (κ2) is 7.74. The van der Waals surface area contributed by atoms with Crippen LogP contribution in [0.5, 0.6) is 0 Å². The number of likely N-dealkylation sites (N-methyl/N-ethyl adjacent to an activating group) is 1. The van der Waals surface area contributed by atoms with Gasteiger partial charge in [-0.2, -0.15) is 0 Å². The number of nitrogens with zero attached hydrogens (tertiary/aromatic N) is 2. The van der Waals surface area contributed by atoms with Crippen molar-refractivity contribution in [1.29, 1.82) is 0 Å². The highest BCUT2D eigenvalue weighted by atomic mass is 79.9. The molecule has 0 radical (unpaired) electrons. The lowest BCUT2D eigenvalue weighted by Gasteiger charge is -2.35. The number of carbonyl (C=O) groups is 2. The lowest BCUT2D eigenvalue weighted by atomic mass is 10.2. The second-order valence-corrected chi connectivity index (χ2v) is 5.54. The molecule has 1 rings (SSSR count). The summed E-state index contributed by atoms with van der Waals surface area (Å²) < 4.78 is 0. The number of piperazine rings is 1. The Balaban J connectivity index is 2.32. The van der Waals surface area contributed by atoms with Crippen LogP contribution in [0.25, 0.3) is 0 Å². The van der Waals surface area contributed by atoms with Crippen LogP contribution in [-0.2, 0) is 9.59 Å². The molecular weight excluding hydrogens is 298 g/mol. The van der Waals surface area contributed by atoms with Gasteiger partial charge in [0, 0.05) is 32.7 Å². The van der Waals surface area contributed by atoms with Gasteiger partial charge < -0.3 is 10.2 Å². The van der Waals surface area contributed by atoms with Gasteiger partial charge >= 0.3 is 0 Å². The highest BCUT2D eigenvalue weighted by Gasteiger charge is 2.25. The molecule has 1 aliphatic heterocycles. The Kier molecular flexibility index (Phi) is 6.63. The van der Waals surface area contributed by atoms with Gasteiger partial charge in [-0.25, -0.2) is 0 Å². The molecule has 18 heavy (non-hydrogen) atoms. The van der Waals surface area contributed by atoms with E-state index in [1.165, 1.54) is 0 Å². The van der Waals surface area contributed by atoms with E-state index in [1.54, 1.807) is 0 Å². The van der Waals surface area contributed by atoms with Crippen molar-refractivity contribution in [3.05, 3.63) is 0 Å². The smallest absolute Gasteiger partial charge is 0.236 e. The molecule has 1 aliphatic rings. The topological polar surface area (TPSA) is 52.7 Å². The van der Waals surface area contributed by atoms with E-state index in [0.29, 0.717) is 26.2 Å². The van der Waals surface area contributed by atoms with Gasteiger partial charge in [0.1, 0.15) is 0 Å². The maximum Gasteiger partial charge on any atom is 0.236 e. The number of carbonyl (C=O) groups excluding carboxylic acids is 2. The lowest BCUT2D eigenvalue weighted by molar-refractivity contribution is -0.132. The Bertz CT molecular complexity index is 291. The van der Waals surface area contributed by atoms with Crippen molar-refractivity contribution in [1.82, 2.24) is 15.1 Å². The number of halogens is 1. The molecule has 104 valence electrons. The Morgan fingerprint density at radius 2 is 1.83 bits per heavy atom. The van der Waals surface area contributed by atoms with Crippen LogP contribution in [0.1, 0.15) is 20.3 Å². The van der Waals surface area contributed by atoms with Crippen molar-refractivity contribution in [2.45, 2.75) is 25.1 Å². The van der Waals surface area contributed by atoms with Crippen molar-refractivity contribution >= 4 is 27.7 Å². The minimum Gasteiger partial charge on any atom is -0.355 e. The van der Waals surface area contributed by atoms with Crippen molar-refractivity contribution in [3.63, 3.8) is 0 Å². The van der Waals surface area contributed by atoms with E-state index in [0.717, 1.165) is 19.5 Å². The van der Waals surface area contributed by atoms with Crippen molar-refractivity contribution in [2.24, 2.45) is 0 Å². The van der Waals surface area contributed by atoms with Crippen LogP contribution in [0.4, 0.5) is 0 Å². The average Bonchev–Trinajstić information content (AvgIpc) is 2.38. The van der Waals surface area contributed by atoms with Gasteiger partial charge in [-0.3, -0.25) is 14.5 Å². The molecule has 1 fully saturated rings. The molecule has 0 aromatic carbocycles. The fourth-order valence-electron chi connectivity index (χ4n) is 1.96. The van der Waals surface area contributed by atoms with E-state index in [9.17, 15) is 9.59 Å². The van der Waals surface area contributed by atoms with Gasteiger partial charge in [-0.05, 0) is 13.3 Å². The Labute approximate surface area is 117 Å². The molecule has 2 amide bonds. The number of amides is 2. The predicted molar refractivity (Wildman–Crippen MR) is 74.7 cm³/mol. The molecule has 1 saturated heterocycles. The predicted octanol–water partition coefficient (Wildman–Crippen LogP) is 0.440. The summed E-state index contributed by atoms with van der Waals surface area (Å²) in [5.41, 5.74) is 0. The first-order valence-electron chi connectivity index (χ1n) is 6.50. The third-order valence-electron chi connectivity index (χ3n) is 3.05. The summed E-state index contributed by atoms with van der Waals surface area (Å²) in [6, 6.07) is 0. The first-order chi connectivity index (χ1) is 8.58. The SMILES string of the molecule is CCNC(=O)CN1CCN(C(=O)C(Br)CC)CC1. The minimum absolute atomic E-state index is 0.0594. The monoisotopic (exact) mass is 319 g/mol. The second-order valence-electron chi connectivity index (χ2n) is 4.43. The van der Waals surface area contributed by atoms with Gasteiger partial charge in [0.2, 0.25) is 11.8 Å². The van der Waals surface area contributed by atoms with Crippen LogP contribution in [0.15, 0.2) is 0 Å². The third-order valence-corrected chi connectivity index (χ3v) is 4.09. The van der Waals surface area contributed by atoms with Crippen LogP contribution in [-0.4, -0.2) is 65.7 Å². The normalized spacial score (nSPS) is 18.5. The third kappa shape index (κ3) is 4.57. The molecule has 5 nitrogen and oxygen atoms in total. The molecule has 1 heterocycles. The highest BCUT2D eigenvalue weighted by molar-refractivity contribution is 9.10. The fourth-order valence-corrected chi connectivity index (χ4v) is 2.24. The molecule has 1 unspecified atom stereocenters. The van der Waals surface area contributed by atoms with Crippen LogP contribution < -0.4 is 5.32 Å². The van der Waals surface area contributed by atoms with Gasteiger partial charge in [0.15, 0.2) is 0 Å². The zero-order valence-corrected chi connectivity index (χ0v) is 12.7. The Hall–Kier alpha value is -0.620. The van der Waals surface area contributed by atoms with E-state index in [2.05, 4.69) is 26.1 Å². The van der Waals surface area contributed by atoms with Crippen LogP contribution in [0.2, 0.25) is 0 Å². The molecule has 0 saturated carbocycles. The highest BCUT2D eigenvalue weighted by Crippen LogP contribution is 2.11. The van der Waals surface area contributed by atoms with Crippen LogP contribution >= 0.6 is 15.9 Å². The summed E-state index contributed by atoms with van der Waals surface area (Å²) in [6.45, 7) is 7.96. The fraction of sp³-hybridized carbons (Fsp3) is 0.833. The standard InChI is InChI=1S/C12H22BrN3O2/c1-3-10(13)12(18)16-7-5-15(6-8-16)9-11(17)14-4-2/h10H,3-9H2,1-2H3,(H,14,17). The van der Waals surface area contributed by atoms with Gasteiger partial charge in [-0.15, -0.1) is 0 Å². The largest absolute Gasteiger partial charge is 0.355 e. The summed E-state index contributed by atoms with van der Waals surface area (Å²) in [7, 11) is 0. The lowest BCUT2D eigenvalue weighted by Crippen LogP contribution is -2.52. The molecular formula is C12H22BrN3O2. The van der Waals surface area contributed by atoms with Gasteiger partial charge in [0.05, 0.1) is 11.4 Å². The average molecular weight is 320 g/mol. The van der Waals surface area contributed by atoms with E-state index >= 15 is 0 Å². The molecule has 0 aliphatic carbocycles. The Morgan fingerprint density at radius 3 is 2.33 bits per heavy atom. The number of hydrogen-bond acceptors (Lipinski definition) is 3. The van der Waals surface area contributed by atoms with E-state index in [-0.39, 0.29) is 16.6 Å². The molecule has 0 aromatic heterocycles. The summed E-state index contributed by atoms with van der Waals surface area (Å²) in [5.74, 6) is 0.222. The molecule has 1 N–H and O–H groups in total. The van der Waals surface area contributed by atoms with Gasteiger partial charge in [0.25, 0.3) is 0 Å². The van der Waals surface area contributed by atoms with E-state index in [1.807, 2.05) is 18.7 Å². The number of hydrogen-bond donors (Lipinski definition) is 1. The maximum absolute atomic E-state index is 11.9. The van der Waals surface area contributed by atoms with Crippen molar-refractivity contribution in [3.8, 4) is 0 Å². The van der Waals surface area contributed by atoms with Crippen molar-refractivity contribution < 1.29 is 9.59 Å². The molecule has 0 spiro atoms. The first-order valence-corrected chi connectivity index (χ1v) is 7.42. The zero-order chi connectivity index (χ0) is 13.5. The molecule has 6 heteroatoms. The minimum atomic E-state index is -0.0764. The van der Waals surface area contributed by atoms with E-state index < -0.39 is 0 Å². The summed E-state index contributed by atoms with van der Waals surface area (Å²) in [6.07, 6.45) is 0.804. The summed E-state index contributed by atoms with van der Waals surface area (Å²) in [5, 5.41) is 2.79. The summed E-state index contributed by atoms with van der Waals surface area (Å²) in [4.78, 5) is 27.3. The molecule has 0 aromatic rings. The molecule has 0 bridgehead atoms. The Morgan fingerprint density at radius 1 is 1.22 bits per heavy atom. The first kappa shape index (κ1) is 15.4. The van der Waals surface area contributed by atoms with Crippen LogP contribution in [0, 0.1) is 0 Å². The molecule has 1 atom stereocenters. The van der Waals surface area contributed by atoms with Crippen molar-refractivity contribution in [2.75, 3.05) is 39.3 Å². The number of alkyl halides is 1.